The van der Waals surface area contributed by atoms with Gasteiger partial charge in [-0.3, -0.25) is 9.36 Å². The topological polar surface area (TPSA) is 82.2 Å². The van der Waals surface area contributed by atoms with Crippen molar-refractivity contribution < 1.29 is 13.9 Å². The highest BCUT2D eigenvalue weighted by molar-refractivity contribution is 7.99. The Kier molecular flexibility index (Phi) is 7.81. The predicted molar refractivity (Wildman–Crippen MR) is 128 cm³/mol. The van der Waals surface area contributed by atoms with Crippen LogP contribution in [0.25, 0.3) is 5.69 Å². The number of nitrogens with zero attached hydrogens (tertiary/aromatic N) is 3. The fourth-order valence-electron chi connectivity index (χ4n) is 3.36. The van der Waals surface area contributed by atoms with Crippen LogP contribution in [0.5, 0.6) is 5.75 Å². The predicted octanol–water partition coefficient (Wildman–Crippen LogP) is 4.65. The number of carbonyl (C=O) groups is 1. The lowest BCUT2D eigenvalue weighted by molar-refractivity contribution is -0.121. The Hall–Kier alpha value is -3.52. The number of furan rings is 1. The Bertz CT molecular complexity index is 1140. The quantitative estimate of drug-likeness (QED) is 0.258. The Morgan fingerprint density at radius 3 is 2.61 bits per heavy atom. The van der Waals surface area contributed by atoms with E-state index in [4.69, 9.17) is 9.15 Å². The van der Waals surface area contributed by atoms with Gasteiger partial charge >= 0.3 is 0 Å². The molecule has 1 amide bonds. The summed E-state index contributed by atoms with van der Waals surface area (Å²) in [4.78, 5) is 12.1. The van der Waals surface area contributed by atoms with Gasteiger partial charge in [-0.1, -0.05) is 42.1 Å². The molecule has 2 heterocycles. The van der Waals surface area contributed by atoms with Gasteiger partial charge in [0.1, 0.15) is 17.3 Å². The molecule has 0 radical (unpaired) electrons. The second-order valence-corrected chi connectivity index (χ2v) is 8.46. The van der Waals surface area contributed by atoms with Gasteiger partial charge in [-0.25, -0.2) is 0 Å². The molecule has 33 heavy (non-hydrogen) atoms. The van der Waals surface area contributed by atoms with Gasteiger partial charge in [0.05, 0.1) is 19.9 Å². The number of carbonyl (C=O) groups excluding carboxylic acids is 1. The Balaban J connectivity index is 1.40. The Morgan fingerprint density at radius 1 is 1.06 bits per heavy atom. The van der Waals surface area contributed by atoms with E-state index < -0.39 is 0 Å². The van der Waals surface area contributed by atoms with Crippen molar-refractivity contribution >= 4 is 17.7 Å². The molecule has 8 heteroatoms. The molecule has 4 aromatic rings. The van der Waals surface area contributed by atoms with Gasteiger partial charge in [-0.2, -0.15) is 0 Å². The van der Waals surface area contributed by atoms with Crippen molar-refractivity contribution in [1.29, 1.82) is 0 Å². The third-order valence-electron chi connectivity index (χ3n) is 5.06. The summed E-state index contributed by atoms with van der Waals surface area (Å²) in [5.41, 5.74) is 2.15. The van der Waals surface area contributed by atoms with Crippen LogP contribution >= 0.6 is 11.8 Å². The molecule has 0 spiro atoms. The molecular weight excluding hydrogens is 436 g/mol. The summed E-state index contributed by atoms with van der Waals surface area (Å²) in [6.45, 7) is 0.410. The number of hydrogen-bond acceptors (Lipinski definition) is 6. The van der Waals surface area contributed by atoms with Gasteiger partial charge in [0.2, 0.25) is 5.91 Å². The Labute approximate surface area is 197 Å². The highest BCUT2D eigenvalue weighted by atomic mass is 32.2. The van der Waals surface area contributed by atoms with Crippen LogP contribution in [0, 0.1) is 0 Å². The van der Waals surface area contributed by atoms with Gasteiger partial charge in [-0.05, 0) is 48.4 Å². The minimum absolute atomic E-state index is 0.00777. The number of nitrogens with one attached hydrogen (secondary N) is 1. The van der Waals surface area contributed by atoms with E-state index in [1.165, 1.54) is 5.56 Å². The third kappa shape index (κ3) is 6.26. The van der Waals surface area contributed by atoms with Crippen molar-refractivity contribution in [1.82, 2.24) is 20.1 Å². The monoisotopic (exact) mass is 462 g/mol. The first kappa shape index (κ1) is 22.7. The highest BCUT2D eigenvalue weighted by Gasteiger charge is 2.15. The van der Waals surface area contributed by atoms with Gasteiger partial charge in [0, 0.05) is 24.3 Å². The van der Waals surface area contributed by atoms with E-state index in [-0.39, 0.29) is 5.91 Å². The van der Waals surface area contributed by atoms with Crippen molar-refractivity contribution in [2.24, 2.45) is 0 Å². The van der Waals surface area contributed by atoms with Gasteiger partial charge < -0.3 is 14.5 Å². The second-order valence-electron chi connectivity index (χ2n) is 7.40. The zero-order valence-corrected chi connectivity index (χ0v) is 19.3. The van der Waals surface area contributed by atoms with Crippen LogP contribution in [0.4, 0.5) is 0 Å². The van der Waals surface area contributed by atoms with Crippen LogP contribution < -0.4 is 10.1 Å². The average Bonchev–Trinajstić information content (AvgIpc) is 3.51. The maximum atomic E-state index is 12.1. The Morgan fingerprint density at radius 2 is 1.88 bits per heavy atom. The summed E-state index contributed by atoms with van der Waals surface area (Å²) in [6.07, 6.45) is 3.46. The summed E-state index contributed by atoms with van der Waals surface area (Å²) >= 11 is 1.60. The second kappa shape index (κ2) is 11.4. The maximum Gasteiger partial charge on any atom is 0.220 e. The van der Waals surface area contributed by atoms with E-state index in [2.05, 4.69) is 32.2 Å². The van der Waals surface area contributed by atoms with E-state index in [9.17, 15) is 4.79 Å². The standard InChI is InChI=1S/C25H26N4O3S/c1-31-21-13-11-20(12-14-21)29-23(17-19-7-3-2-4-8-19)27-28-25(29)33-16-6-10-24(30)26-18-22-9-5-15-32-22/h2-5,7-9,11-15H,6,10,16-18H2,1H3,(H,26,30). The van der Waals surface area contributed by atoms with E-state index in [1.807, 2.05) is 54.6 Å². The molecule has 1 N–H and O–H groups in total. The summed E-state index contributed by atoms with van der Waals surface area (Å²) < 4.78 is 12.6. The molecule has 0 aliphatic heterocycles. The van der Waals surface area contributed by atoms with Crippen LogP contribution in [-0.4, -0.2) is 33.5 Å². The fraction of sp³-hybridized carbons (Fsp3) is 0.240. The minimum atomic E-state index is 0.00777. The molecular formula is C25H26N4O3S. The van der Waals surface area contributed by atoms with Crippen LogP contribution in [0.2, 0.25) is 0 Å². The van der Waals surface area contributed by atoms with Crippen molar-refractivity contribution in [3.8, 4) is 11.4 Å². The number of benzene rings is 2. The number of ether oxygens (including phenoxy) is 1. The van der Waals surface area contributed by atoms with E-state index in [0.29, 0.717) is 19.4 Å². The lowest BCUT2D eigenvalue weighted by Gasteiger charge is -2.11. The molecule has 0 aliphatic rings. The molecule has 0 atom stereocenters. The van der Waals surface area contributed by atoms with Crippen LogP contribution in [0.1, 0.15) is 30.0 Å². The summed E-state index contributed by atoms with van der Waals surface area (Å²) in [6, 6.07) is 21.7. The van der Waals surface area contributed by atoms with Crippen molar-refractivity contribution in [3.05, 3.63) is 90.1 Å². The molecule has 0 bridgehead atoms. The number of hydrogen-bond donors (Lipinski definition) is 1. The molecule has 7 nitrogen and oxygen atoms in total. The highest BCUT2D eigenvalue weighted by Crippen LogP contribution is 2.25. The van der Waals surface area contributed by atoms with E-state index in [0.717, 1.165) is 40.4 Å². The van der Waals surface area contributed by atoms with Crippen molar-refractivity contribution in [2.45, 2.75) is 31.0 Å². The van der Waals surface area contributed by atoms with E-state index in [1.54, 1.807) is 25.1 Å². The maximum absolute atomic E-state index is 12.1. The molecule has 0 unspecified atom stereocenters. The number of methoxy groups -OCH3 is 1. The SMILES string of the molecule is COc1ccc(-n2c(Cc3ccccc3)nnc2SCCCC(=O)NCc2ccco2)cc1. The summed E-state index contributed by atoms with van der Waals surface area (Å²) in [5, 5.41) is 12.6. The molecule has 4 rings (SSSR count). The average molecular weight is 463 g/mol. The number of amides is 1. The van der Waals surface area contributed by atoms with Crippen molar-refractivity contribution in [2.75, 3.05) is 12.9 Å². The summed E-state index contributed by atoms with van der Waals surface area (Å²) in [7, 11) is 1.65. The molecule has 170 valence electrons. The van der Waals surface area contributed by atoms with E-state index >= 15 is 0 Å². The molecule has 2 aromatic carbocycles. The van der Waals surface area contributed by atoms with Crippen LogP contribution in [-0.2, 0) is 17.8 Å². The first-order valence-corrected chi connectivity index (χ1v) is 11.8. The molecule has 0 fully saturated rings. The molecule has 2 aromatic heterocycles. The lowest BCUT2D eigenvalue weighted by Crippen LogP contribution is -2.22. The number of aromatic nitrogens is 3. The zero-order valence-electron chi connectivity index (χ0n) is 18.4. The first-order chi connectivity index (χ1) is 16.2. The zero-order chi connectivity index (χ0) is 22.9. The van der Waals surface area contributed by atoms with Crippen molar-refractivity contribution in [3.63, 3.8) is 0 Å². The summed E-state index contributed by atoms with van der Waals surface area (Å²) in [5.74, 6) is 3.18. The molecule has 0 saturated carbocycles. The number of rotatable bonds is 11. The third-order valence-corrected chi connectivity index (χ3v) is 6.07. The van der Waals surface area contributed by atoms with Gasteiger partial charge in [0.25, 0.3) is 0 Å². The van der Waals surface area contributed by atoms with Gasteiger partial charge in [-0.15, -0.1) is 10.2 Å². The fourth-order valence-corrected chi connectivity index (χ4v) is 4.27. The lowest BCUT2D eigenvalue weighted by atomic mass is 10.1. The number of thioether (sulfide) groups is 1. The van der Waals surface area contributed by atoms with Crippen LogP contribution in [0.3, 0.4) is 0 Å². The minimum Gasteiger partial charge on any atom is -0.497 e. The molecule has 0 saturated heterocycles. The smallest absolute Gasteiger partial charge is 0.220 e. The normalized spacial score (nSPS) is 10.8. The van der Waals surface area contributed by atoms with Gasteiger partial charge in [0.15, 0.2) is 5.16 Å². The largest absolute Gasteiger partial charge is 0.497 e. The molecule has 0 aliphatic carbocycles. The first-order valence-electron chi connectivity index (χ1n) is 10.8. The van der Waals surface area contributed by atoms with Crippen LogP contribution in [0.15, 0.2) is 82.6 Å².